The van der Waals surface area contributed by atoms with E-state index in [1.807, 2.05) is 25.1 Å². The predicted octanol–water partition coefficient (Wildman–Crippen LogP) is 4.74. The molecular formula is C14H14BrClO3. The Balaban J connectivity index is 2.51. The van der Waals surface area contributed by atoms with Crippen molar-refractivity contribution < 1.29 is 13.9 Å². The highest BCUT2D eigenvalue weighted by Gasteiger charge is 2.23. The van der Waals surface area contributed by atoms with Crippen LogP contribution >= 0.6 is 27.5 Å². The summed E-state index contributed by atoms with van der Waals surface area (Å²) < 4.78 is 16.1. The normalized spacial score (nSPS) is 12.3. The van der Waals surface area contributed by atoms with E-state index < -0.39 is 0 Å². The molecule has 2 rings (SSSR count). The van der Waals surface area contributed by atoms with E-state index >= 15 is 0 Å². The summed E-state index contributed by atoms with van der Waals surface area (Å²) in [5.74, 6) is 2.00. The van der Waals surface area contributed by atoms with Crippen LogP contribution in [0, 0.1) is 6.92 Å². The van der Waals surface area contributed by atoms with Crippen LogP contribution in [0.3, 0.4) is 0 Å². The molecule has 0 N–H and O–H groups in total. The van der Waals surface area contributed by atoms with Crippen molar-refractivity contribution in [2.24, 2.45) is 0 Å². The molecule has 0 aliphatic rings. The second-order valence-electron chi connectivity index (χ2n) is 4.03. The fraction of sp³-hybridized carbons (Fsp3) is 0.286. The Morgan fingerprint density at radius 1 is 1.21 bits per heavy atom. The van der Waals surface area contributed by atoms with Gasteiger partial charge in [0, 0.05) is 5.56 Å². The second-order valence-corrected chi connectivity index (χ2v) is 5.33. The van der Waals surface area contributed by atoms with Gasteiger partial charge in [0.2, 0.25) is 0 Å². The Bertz CT molecular complexity index is 580. The van der Waals surface area contributed by atoms with Crippen molar-refractivity contribution in [1.29, 1.82) is 0 Å². The number of ether oxygens (including phenoxy) is 2. The predicted molar refractivity (Wildman–Crippen MR) is 78.8 cm³/mol. The summed E-state index contributed by atoms with van der Waals surface area (Å²) in [6.45, 7) is 1.99. The zero-order valence-electron chi connectivity index (χ0n) is 10.9. The first-order valence-electron chi connectivity index (χ1n) is 5.68. The molecule has 1 unspecified atom stereocenters. The van der Waals surface area contributed by atoms with Crippen molar-refractivity contribution in [2.45, 2.75) is 11.8 Å². The van der Waals surface area contributed by atoms with E-state index in [0.29, 0.717) is 16.5 Å². The molecular weight excluding hydrogens is 332 g/mol. The van der Waals surface area contributed by atoms with Gasteiger partial charge in [-0.15, -0.1) is 0 Å². The Morgan fingerprint density at radius 2 is 1.95 bits per heavy atom. The molecule has 1 aromatic carbocycles. The maximum absolute atomic E-state index is 6.26. The minimum absolute atomic E-state index is 0.124. The van der Waals surface area contributed by atoms with Crippen LogP contribution in [-0.4, -0.2) is 14.2 Å². The summed E-state index contributed by atoms with van der Waals surface area (Å²) in [7, 11) is 3.15. The Kier molecular flexibility index (Phi) is 4.42. The fourth-order valence-corrected chi connectivity index (χ4v) is 3.06. The molecule has 0 spiro atoms. The van der Waals surface area contributed by atoms with Gasteiger partial charge in [0.1, 0.15) is 27.1 Å². The summed E-state index contributed by atoms with van der Waals surface area (Å²) in [5.41, 5.74) is 1.96. The maximum Gasteiger partial charge on any atom is 0.146 e. The highest BCUT2D eigenvalue weighted by Crippen LogP contribution is 2.44. The van der Waals surface area contributed by atoms with Gasteiger partial charge in [-0.2, -0.15) is 0 Å². The molecule has 2 aromatic rings. The van der Waals surface area contributed by atoms with Gasteiger partial charge >= 0.3 is 0 Å². The summed E-state index contributed by atoms with van der Waals surface area (Å²) in [6.07, 6.45) is 1.66. The molecule has 3 nitrogen and oxygen atoms in total. The molecule has 0 aliphatic heterocycles. The van der Waals surface area contributed by atoms with E-state index in [4.69, 9.17) is 25.5 Å². The number of methoxy groups -OCH3 is 2. The van der Waals surface area contributed by atoms with Crippen LogP contribution in [0.1, 0.15) is 21.7 Å². The number of alkyl halides is 1. The molecule has 1 atom stereocenters. The van der Waals surface area contributed by atoms with Crippen molar-refractivity contribution in [3.63, 3.8) is 0 Å². The first-order chi connectivity index (χ1) is 9.10. The molecule has 0 bridgehead atoms. The van der Waals surface area contributed by atoms with Crippen LogP contribution < -0.4 is 9.47 Å². The fourth-order valence-electron chi connectivity index (χ4n) is 1.90. The number of hydrogen-bond acceptors (Lipinski definition) is 3. The molecule has 1 heterocycles. The summed E-state index contributed by atoms with van der Waals surface area (Å²) in [6, 6.07) is 5.64. The van der Waals surface area contributed by atoms with Gasteiger partial charge in [-0.05, 0) is 30.7 Å². The van der Waals surface area contributed by atoms with Crippen LogP contribution in [0.25, 0.3) is 0 Å². The topological polar surface area (TPSA) is 31.6 Å². The molecule has 0 saturated carbocycles. The summed E-state index contributed by atoms with van der Waals surface area (Å²) in [5, 5.41) is 0.455. The number of aryl methyl sites for hydroxylation is 1. The first kappa shape index (κ1) is 14.3. The summed E-state index contributed by atoms with van der Waals surface area (Å²) in [4.78, 5) is -0.124. The molecule has 0 radical (unpaired) electrons. The van der Waals surface area contributed by atoms with Gasteiger partial charge in [-0.3, -0.25) is 0 Å². The third kappa shape index (κ3) is 2.60. The quantitative estimate of drug-likeness (QED) is 0.750. The molecule has 1 aromatic heterocycles. The largest absolute Gasteiger partial charge is 0.495 e. The van der Waals surface area contributed by atoms with E-state index in [-0.39, 0.29) is 4.83 Å². The Labute approximate surface area is 125 Å². The van der Waals surface area contributed by atoms with Crippen LogP contribution in [0.5, 0.6) is 11.5 Å². The Morgan fingerprint density at radius 3 is 2.47 bits per heavy atom. The lowest BCUT2D eigenvalue weighted by Crippen LogP contribution is -1.99. The maximum atomic E-state index is 6.26. The number of halogens is 2. The monoisotopic (exact) mass is 344 g/mol. The average Bonchev–Trinajstić information content (AvgIpc) is 2.83. The van der Waals surface area contributed by atoms with Crippen molar-refractivity contribution >= 4 is 27.5 Å². The van der Waals surface area contributed by atoms with Gasteiger partial charge in [0.05, 0.1) is 20.5 Å². The summed E-state index contributed by atoms with van der Waals surface area (Å²) >= 11 is 9.88. The van der Waals surface area contributed by atoms with Gasteiger partial charge < -0.3 is 13.9 Å². The van der Waals surface area contributed by atoms with Crippen LogP contribution in [0.4, 0.5) is 0 Å². The SMILES string of the molecule is COc1ccc(C(Br)c2occc2C)c(OC)c1Cl. The lowest BCUT2D eigenvalue weighted by atomic mass is 10.1. The average molecular weight is 346 g/mol. The number of hydrogen-bond donors (Lipinski definition) is 0. The molecule has 0 saturated heterocycles. The van der Waals surface area contributed by atoms with Crippen molar-refractivity contribution in [2.75, 3.05) is 14.2 Å². The molecule has 102 valence electrons. The molecule has 19 heavy (non-hydrogen) atoms. The van der Waals surface area contributed by atoms with Gasteiger partial charge in [-0.1, -0.05) is 27.5 Å². The van der Waals surface area contributed by atoms with Crippen LogP contribution in [0.2, 0.25) is 5.02 Å². The minimum Gasteiger partial charge on any atom is -0.495 e. The second kappa shape index (κ2) is 5.88. The van der Waals surface area contributed by atoms with Crippen molar-refractivity contribution in [3.8, 4) is 11.5 Å². The molecule has 0 amide bonds. The standard InChI is InChI=1S/C14H14BrClO3/c1-8-6-7-19-13(8)11(15)9-4-5-10(17-2)12(16)14(9)18-3/h4-7,11H,1-3H3. The molecule has 5 heteroatoms. The third-order valence-electron chi connectivity index (χ3n) is 2.92. The zero-order chi connectivity index (χ0) is 14.0. The first-order valence-corrected chi connectivity index (χ1v) is 6.98. The van der Waals surface area contributed by atoms with E-state index in [2.05, 4.69) is 15.9 Å². The molecule has 0 aliphatic carbocycles. The van der Waals surface area contributed by atoms with Crippen molar-refractivity contribution in [3.05, 3.63) is 46.4 Å². The third-order valence-corrected chi connectivity index (χ3v) is 4.19. The van der Waals surface area contributed by atoms with Crippen molar-refractivity contribution in [1.82, 2.24) is 0 Å². The number of furan rings is 1. The lowest BCUT2D eigenvalue weighted by molar-refractivity contribution is 0.391. The van der Waals surface area contributed by atoms with E-state index in [0.717, 1.165) is 16.9 Å². The van der Waals surface area contributed by atoms with E-state index in [1.54, 1.807) is 20.5 Å². The smallest absolute Gasteiger partial charge is 0.146 e. The zero-order valence-corrected chi connectivity index (χ0v) is 13.2. The molecule has 0 fully saturated rings. The van der Waals surface area contributed by atoms with Crippen LogP contribution in [0.15, 0.2) is 28.9 Å². The van der Waals surface area contributed by atoms with Crippen LogP contribution in [-0.2, 0) is 0 Å². The van der Waals surface area contributed by atoms with Gasteiger partial charge in [0.15, 0.2) is 0 Å². The highest BCUT2D eigenvalue weighted by molar-refractivity contribution is 9.09. The van der Waals surface area contributed by atoms with Gasteiger partial charge in [0.25, 0.3) is 0 Å². The number of benzene rings is 1. The highest BCUT2D eigenvalue weighted by atomic mass is 79.9. The van der Waals surface area contributed by atoms with Gasteiger partial charge in [-0.25, -0.2) is 0 Å². The number of rotatable bonds is 4. The minimum atomic E-state index is -0.124. The lowest BCUT2D eigenvalue weighted by Gasteiger charge is -2.16. The van der Waals surface area contributed by atoms with E-state index in [1.165, 1.54) is 0 Å². The Hall–Kier alpha value is -1.13. The van der Waals surface area contributed by atoms with E-state index in [9.17, 15) is 0 Å².